The number of primary sulfonamides is 1. The number of rotatable bonds is 2. The van der Waals surface area contributed by atoms with E-state index in [4.69, 9.17) is 5.14 Å². The van der Waals surface area contributed by atoms with Crippen LogP contribution >= 0.6 is 11.8 Å². The molecule has 86 valence electrons. The van der Waals surface area contributed by atoms with Crippen molar-refractivity contribution in [3.8, 4) is 0 Å². The molecule has 0 saturated carbocycles. The summed E-state index contributed by atoms with van der Waals surface area (Å²) in [7, 11) is -4.02. The Kier molecular flexibility index (Phi) is 2.92. The van der Waals surface area contributed by atoms with Gasteiger partial charge >= 0.3 is 0 Å². The van der Waals surface area contributed by atoms with Gasteiger partial charge in [0.2, 0.25) is 10.0 Å². The van der Waals surface area contributed by atoms with Crippen LogP contribution in [-0.2, 0) is 10.0 Å². The van der Waals surface area contributed by atoms with Gasteiger partial charge < -0.3 is 4.90 Å². The topological polar surface area (TPSA) is 63.4 Å². The Balaban J connectivity index is 2.52. The maximum Gasteiger partial charge on any atom is 0.241 e. The van der Waals surface area contributed by atoms with E-state index in [1.807, 2.05) is 5.41 Å². The Morgan fingerprint density at radius 3 is 2.75 bits per heavy atom. The van der Waals surface area contributed by atoms with Crippen molar-refractivity contribution in [3.05, 3.63) is 35.6 Å². The largest absolute Gasteiger partial charge is 0.335 e. The molecule has 0 spiro atoms. The fourth-order valence-electron chi connectivity index (χ4n) is 1.37. The summed E-state index contributed by atoms with van der Waals surface area (Å²) in [5.41, 5.74) is 0.216. The Morgan fingerprint density at radius 2 is 2.19 bits per heavy atom. The summed E-state index contributed by atoms with van der Waals surface area (Å²) >= 11 is 1.50. The molecule has 1 aromatic rings. The molecule has 1 aliphatic rings. The zero-order valence-electron chi connectivity index (χ0n) is 8.13. The van der Waals surface area contributed by atoms with Gasteiger partial charge in [-0.3, -0.25) is 0 Å². The van der Waals surface area contributed by atoms with Crippen LogP contribution < -0.4 is 10.0 Å². The average molecular weight is 260 g/mol. The number of hydrogen-bond acceptors (Lipinski definition) is 4. The highest BCUT2D eigenvalue weighted by atomic mass is 32.2. The molecule has 1 heterocycles. The van der Waals surface area contributed by atoms with E-state index in [0.717, 1.165) is 6.07 Å². The molecule has 0 bridgehead atoms. The normalized spacial score (nSPS) is 15.8. The molecule has 0 atom stereocenters. The van der Waals surface area contributed by atoms with Gasteiger partial charge in [-0.2, -0.15) is 0 Å². The first-order valence-electron chi connectivity index (χ1n) is 4.36. The van der Waals surface area contributed by atoms with Gasteiger partial charge in [-0.1, -0.05) is 6.07 Å². The molecule has 4 nitrogen and oxygen atoms in total. The number of nitrogens with two attached hydrogens (primary N) is 1. The Bertz CT molecular complexity index is 542. The predicted octanol–water partition coefficient (Wildman–Crippen LogP) is 1.46. The number of hydrogen-bond donors (Lipinski definition) is 1. The molecule has 1 aliphatic heterocycles. The first-order chi connectivity index (χ1) is 7.50. The van der Waals surface area contributed by atoms with Crippen LogP contribution in [0, 0.1) is 5.82 Å². The van der Waals surface area contributed by atoms with Gasteiger partial charge in [-0.25, -0.2) is 17.9 Å². The molecule has 0 unspecified atom stereocenters. The van der Waals surface area contributed by atoms with Gasteiger partial charge in [0.15, 0.2) is 5.82 Å². The fourth-order valence-corrected chi connectivity index (χ4v) is 2.70. The van der Waals surface area contributed by atoms with Gasteiger partial charge in [-0.05, 0) is 17.5 Å². The molecule has 0 aromatic heterocycles. The minimum Gasteiger partial charge on any atom is -0.335 e. The molecule has 0 saturated heterocycles. The fraction of sp³-hybridized carbons (Fsp3) is 0.111. The quantitative estimate of drug-likeness (QED) is 0.874. The summed E-state index contributed by atoms with van der Waals surface area (Å²) in [6.45, 7) is 0. The van der Waals surface area contributed by atoms with Crippen LogP contribution in [0.5, 0.6) is 0 Å². The van der Waals surface area contributed by atoms with Crippen LogP contribution in [0.2, 0.25) is 0 Å². The zero-order chi connectivity index (χ0) is 11.8. The third-order valence-electron chi connectivity index (χ3n) is 2.11. The summed E-state index contributed by atoms with van der Waals surface area (Å²) in [5, 5.41) is 6.72. The van der Waals surface area contributed by atoms with Gasteiger partial charge in [0.25, 0.3) is 0 Å². The molecule has 7 heteroatoms. The van der Waals surface area contributed by atoms with E-state index < -0.39 is 20.7 Å². The highest BCUT2D eigenvalue weighted by Gasteiger charge is 2.20. The minimum atomic E-state index is -4.02. The first kappa shape index (κ1) is 11.4. The number of nitrogens with zero attached hydrogens (tertiary/aromatic N) is 1. The van der Waals surface area contributed by atoms with Crippen molar-refractivity contribution in [2.24, 2.45) is 5.14 Å². The average Bonchev–Trinajstić information content (AvgIpc) is 2.69. The van der Waals surface area contributed by atoms with Crippen LogP contribution in [0.3, 0.4) is 0 Å². The predicted molar refractivity (Wildman–Crippen MR) is 61.9 cm³/mol. The summed E-state index contributed by atoms with van der Waals surface area (Å²) < 4.78 is 36.1. The molecule has 0 fully saturated rings. The maximum absolute atomic E-state index is 13.9. The van der Waals surface area contributed by atoms with Crippen molar-refractivity contribution in [2.45, 2.75) is 4.90 Å². The number of thioether (sulfide) groups is 1. The van der Waals surface area contributed by atoms with E-state index in [-0.39, 0.29) is 5.69 Å². The van der Waals surface area contributed by atoms with Crippen LogP contribution in [0.25, 0.3) is 0 Å². The van der Waals surface area contributed by atoms with E-state index in [9.17, 15) is 12.8 Å². The van der Waals surface area contributed by atoms with Crippen molar-refractivity contribution in [1.29, 1.82) is 0 Å². The molecule has 16 heavy (non-hydrogen) atoms. The van der Waals surface area contributed by atoms with Gasteiger partial charge in [0.05, 0.1) is 11.6 Å². The van der Waals surface area contributed by atoms with Gasteiger partial charge in [-0.15, -0.1) is 11.8 Å². The Labute approximate surface area is 97.0 Å². The van der Waals surface area contributed by atoms with Crippen molar-refractivity contribution >= 4 is 27.5 Å². The number of anilines is 1. The van der Waals surface area contributed by atoms with E-state index in [0.29, 0.717) is 5.88 Å². The zero-order valence-corrected chi connectivity index (χ0v) is 9.76. The number of benzene rings is 1. The second-order valence-electron chi connectivity index (χ2n) is 3.18. The summed E-state index contributed by atoms with van der Waals surface area (Å²) in [6, 6.07) is 4.14. The third kappa shape index (κ3) is 2.06. The van der Waals surface area contributed by atoms with E-state index in [1.165, 1.54) is 23.9 Å². The lowest BCUT2D eigenvalue weighted by Crippen LogP contribution is -2.18. The molecule has 2 N–H and O–H groups in total. The van der Waals surface area contributed by atoms with Crippen molar-refractivity contribution in [3.63, 3.8) is 0 Å². The van der Waals surface area contributed by atoms with Crippen molar-refractivity contribution in [1.82, 2.24) is 0 Å². The third-order valence-corrected chi connectivity index (χ3v) is 3.78. The molecule has 0 radical (unpaired) electrons. The summed E-state index contributed by atoms with van der Waals surface area (Å²) in [5.74, 6) is -0.248. The van der Waals surface area contributed by atoms with Crippen LogP contribution in [0.15, 0.2) is 34.7 Å². The highest BCUT2D eigenvalue weighted by Crippen LogP contribution is 2.29. The van der Waals surface area contributed by atoms with E-state index >= 15 is 0 Å². The van der Waals surface area contributed by atoms with Crippen LogP contribution in [-0.4, -0.2) is 14.3 Å². The summed E-state index contributed by atoms with van der Waals surface area (Å²) in [4.78, 5) is 1.14. The Hall–Kier alpha value is -1.05. The Morgan fingerprint density at radius 1 is 1.44 bits per heavy atom. The second-order valence-corrected chi connectivity index (χ2v) is 5.58. The molecular weight excluding hydrogens is 251 g/mol. The van der Waals surface area contributed by atoms with E-state index in [1.54, 1.807) is 11.1 Å². The molecule has 0 aliphatic carbocycles. The lowest BCUT2D eigenvalue weighted by Gasteiger charge is -2.16. The SMILES string of the molecule is NS(=O)(=O)c1cccc(N2C=CSC2)c1F. The van der Waals surface area contributed by atoms with Crippen LogP contribution in [0.4, 0.5) is 10.1 Å². The summed E-state index contributed by atoms with van der Waals surface area (Å²) in [6.07, 6.45) is 1.69. The van der Waals surface area contributed by atoms with Gasteiger partial charge in [0, 0.05) is 6.20 Å². The van der Waals surface area contributed by atoms with Crippen molar-refractivity contribution in [2.75, 3.05) is 10.8 Å². The lowest BCUT2D eigenvalue weighted by atomic mass is 10.3. The van der Waals surface area contributed by atoms with Crippen LogP contribution in [0.1, 0.15) is 0 Å². The monoisotopic (exact) mass is 260 g/mol. The first-order valence-corrected chi connectivity index (χ1v) is 6.96. The minimum absolute atomic E-state index is 0.216. The molecule has 1 aromatic carbocycles. The standard InChI is InChI=1S/C9H9FN2O2S2/c10-9-7(12-4-5-15-6-12)2-1-3-8(9)16(11,13)14/h1-5H,6H2,(H2,11,13,14). The van der Waals surface area contributed by atoms with E-state index in [2.05, 4.69) is 0 Å². The number of halogens is 1. The molecule has 0 amide bonds. The smallest absolute Gasteiger partial charge is 0.241 e. The molecular formula is C9H9FN2O2S2. The van der Waals surface area contributed by atoms with Crippen molar-refractivity contribution < 1.29 is 12.8 Å². The maximum atomic E-state index is 13.9. The van der Waals surface area contributed by atoms with Gasteiger partial charge in [0.1, 0.15) is 4.90 Å². The number of sulfonamides is 1. The lowest BCUT2D eigenvalue weighted by molar-refractivity contribution is 0.568. The highest BCUT2D eigenvalue weighted by molar-refractivity contribution is 8.02. The second kappa shape index (κ2) is 4.08. The molecule has 2 rings (SSSR count).